The highest BCUT2D eigenvalue weighted by molar-refractivity contribution is 5.57. The molecule has 0 atom stereocenters. The summed E-state index contributed by atoms with van der Waals surface area (Å²) in [5.41, 5.74) is 1.51. The van der Waals surface area contributed by atoms with E-state index in [9.17, 15) is 0 Å². The maximum absolute atomic E-state index is 8.79. The van der Waals surface area contributed by atoms with Crippen LogP contribution in [0.2, 0.25) is 0 Å². The van der Waals surface area contributed by atoms with Gasteiger partial charge in [0.15, 0.2) is 5.82 Å². The zero-order chi connectivity index (χ0) is 14.5. The molecular formula is C15H16N6. The Morgan fingerprint density at radius 1 is 1.10 bits per heavy atom. The van der Waals surface area contributed by atoms with Crippen LogP contribution in [0, 0.1) is 11.3 Å². The summed E-state index contributed by atoms with van der Waals surface area (Å²) in [6, 6.07) is 9.33. The summed E-state index contributed by atoms with van der Waals surface area (Å²) in [6.07, 6.45) is 5.23. The minimum absolute atomic E-state index is 0.635. The molecule has 2 aromatic rings. The maximum Gasteiger partial charge on any atom is 0.247 e. The van der Waals surface area contributed by atoms with Crippen LogP contribution in [0.4, 0.5) is 17.5 Å². The zero-order valence-corrected chi connectivity index (χ0v) is 11.7. The number of aromatic nitrogens is 3. The van der Waals surface area contributed by atoms with E-state index in [-0.39, 0.29) is 0 Å². The van der Waals surface area contributed by atoms with Crippen LogP contribution in [0.5, 0.6) is 0 Å². The summed E-state index contributed by atoms with van der Waals surface area (Å²) < 4.78 is 0. The molecule has 106 valence electrons. The van der Waals surface area contributed by atoms with Crippen molar-refractivity contribution < 1.29 is 0 Å². The lowest BCUT2D eigenvalue weighted by Gasteiger charge is -2.26. The third-order valence-corrected chi connectivity index (χ3v) is 3.47. The van der Waals surface area contributed by atoms with E-state index in [2.05, 4.69) is 31.5 Å². The van der Waals surface area contributed by atoms with Gasteiger partial charge < -0.3 is 10.2 Å². The molecule has 1 aliphatic heterocycles. The van der Waals surface area contributed by atoms with Crippen molar-refractivity contribution in [1.82, 2.24) is 15.2 Å². The van der Waals surface area contributed by atoms with Gasteiger partial charge in [-0.3, -0.25) is 0 Å². The van der Waals surface area contributed by atoms with E-state index in [1.807, 2.05) is 12.1 Å². The van der Waals surface area contributed by atoms with Crippen LogP contribution in [0.25, 0.3) is 0 Å². The van der Waals surface area contributed by atoms with Gasteiger partial charge in [-0.2, -0.15) is 15.3 Å². The number of anilines is 3. The van der Waals surface area contributed by atoms with Crippen LogP contribution in [0.15, 0.2) is 30.5 Å². The highest BCUT2D eigenvalue weighted by Gasteiger charge is 2.14. The van der Waals surface area contributed by atoms with E-state index in [4.69, 9.17) is 5.26 Å². The minimum Gasteiger partial charge on any atom is -0.339 e. The fourth-order valence-corrected chi connectivity index (χ4v) is 2.36. The standard InChI is InChI=1S/C15H16N6/c16-10-12-4-6-13(7-5-12)18-14-11-17-20-15(19-14)21-8-2-1-3-9-21/h4-7,11H,1-3,8-9H2,(H,18,19,20). The zero-order valence-electron chi connectivity index (χ0n) is 11.7. The van der Waals surface area contributed by atoms with Gasteiger partial charge in [-0.25, -0.2) is 0 Å². The molecule has 6 nitrogen and oxygen atoms in total. The Morgan fingerprint density at radius 2 is 1.86 bits per heavy atom. The molecule has 1 saturated heterocycles. The number of nitrogens with one attached hydrogen (secondary N) is 1. The first-order valence-electron chi connectivity index (χ1n) is 7.07. The quantitative estimate of drug-likeness (QED) is 0.930. The highest BCUT2D eigenvalue weighted by Crippen LogP contribution is 2.18. The van der Waals surface area contributed by atoms with E-state index in [1.165, 1.54) is 19.3 Å². The predicted molar refractivity (Wildman–Crippen MR) is 80.3 cm³/mol. The molecule has 1 fully saturated rings. The van der Waals surface area contributed by atoms with E-state index in [0.29, 0.717) is 17.3 Å². The summed E-state index contributed by atoms with van der Waals surface area (Å²) in [5, 5.41) is 20.1. The third-order valence-electron chi connectivity index (χ3n) is 3.47. The monoisotopic (exact) mass is 280 g/mol. The van der Waals surface area contributed by atoms with Crippen LogP contribution >= 0.6 is 0 Å². The molecule has 3 rings (SSSR count). The van der Waals surface area contributed by atoms with Gasteiger partial charge >= 0.3 is 0 Å². The van der Waals surface area contributed by atoms with Crippen LogP contribution < -0.4 is 10.2 Å². The molecule has 0 radical (unpaired) electrons. The van der Waals surface area contributed by atoms with E-state index in [1.54, 1.807) is 18.3 Å². The first kappa shape index (κ1) is 13.3. The average Bonchev–Trinajstić information content (AvgIpc) is 2.57. The molecule has 1 N–H and O–H groups in total. The van der Waals surface area contributed by atoms with Crippen LogP contribution in [-0.4, -0.2) is 28.3 Å². The first-order valence-corrected chi connectivity index (χ1v) is 7.07. The number of hydrogen-bond donors (Lipinski definition) is 1. The predicted octanol–water partition coefficient (Wildman–Crippen LogP) is 2.48. The lowest BCUT2D eigenvalue weighted by molar-refractivity contribution is 0.565. The summed E-state index contributed by atoms with van der Waals surface area (Å²) in [7, 11) is 0. The van der Waals surface area contributed by atoms with Gasteiger partial charge in [0.25, 0.3) is 0 Å². The maximum atomic E-state index is 8.79. The summed E-state index contributed by atoms with van der Waals surface area (Å²) >= 11 is 0. The van der Waals surface area contributed by atoms with E-state index in [0.717, 1.165) is 18.8 Å². The number of benzene rings is 1. The molecule has 1 aliphatic rings. The fraction of sp³-hybridized carbons (Fsp3) is 0.333. The molecule has 21 heavy (non-hydrogen) atoms. The molecule has 1 aromatic carbocycles. The van der Waals surface area contributed by atoms with E-state index >= 15 is 0 Å². The summed E-state index contributed by atoms with van der Waals surface area (Å²) in [5.74, 6) is 1.34. The number of rotatable bonds is 3. The van der Waals surface area contributed by atoms with Gasteiger partial charge in [0.05, 0.1) is 17.8 Å². The molecule has 0 saturated carbocycles. The van der Waals surface area contributed by atoms with Gasteiger partial charge in [0.2, 0.25) is 5.95 Å². The molecule has 1 aromatic heterocycles. The van der Waals surface area contributed by atoms with Crippen molar-refractivity contribution in [2.45, 2.75) is 19.3 Å². The summed E-state index contributed by atoms with van der Waals surface area (Å²) in [6.45, 7) is 1.98. The van der Waals surface area contributed by atoms with Gasteiger partial charge in [0.1, 0.15) is 0 Å². The van der Waals surface area contributed by atoms with Gasteiger partial charge in [-0.1, -0.05) is 0 Å². The van der Waals surface area contributed by atoms with Crippen molar-refractivity contribution in [3.05, 3.63) is 36.0 Å². The Kier molecular flexibility index (Phi) is 3.92. The normalized spacial score (nSPS) is 14.5. The van der Waals surface area contributed by atoms with Gasteiger partial charge in [-0.15, -0.1) is 5.10 Å². The highest BCUT2D eigenvalue weighted by atomic mass is 15.3. The molecule has 0 amide bonds. The molecule has 0 spiro atoms. The lowest BCUT2D eigenvalue weighted by atomic mass is 10.1. The molecule has 2 heterocycles. The molecular weight excluding hydrogens is 264 g/mol. The third kappa shape index (κ3) is 3.26. The van der Waals surface area contributed by atoms with Crippen molar-refractivity contribution >= 4 is 17.5 Å². The Bertz CT molecular complexity index is 640. The van der Waals surface area contributed by atoms with Gasteiger partial charge in [0, 0.05) is 18.8 Å². The second-order valence-electron chi connectivity index (χ2n) is 5.00. The van der Waals surface area contributed by atoms with Crippen molar-refractivity contribution in [2.24, 2.45) is 0 Å². The van der Waals surface area contributed by atoms with Crippen LogP contribution in [0.1, 0.15) is 24.8 Å². The fourth-order valence-electron chi connectivity index (χ4n) is 2.36. The van der Waals surface area contributed by atoms with E-state index < -0.39 is 0 Å². The Morgan fingerprint density at radius 3 is 2.57 bits per heavy atom. The molecule has 0 aliphatic carbocycles. The molecule has 6 heteroatoms. The van der Waals surface area contributed by atoms with Crippen molar-refractivity contribution in [3.63, 3.8) is 0 Å². The SMILES string of the molecule is N#Cc1ccc(Nc2cnnc(N3CCCCC3)n2)cc1. The number of piperidine rings is 1. The topological polar surface area (TPSA) is 77.7 Å². The molecule has 0 unspecified atom stereocenters. The van der Waals surface area contributed by atoms with Crippen molar-refractivity contribution in [3.8, 4) is 6.07 Å². The lowest BCUT2D eigenvalue weighted by Crippen LogP contribution is -2.31. The largest absolute Gasteiger partial charge is 0.339 e. The molecule has 0 bridgehead atoms. The summed E-state index contributed by atoms with van der Waals surface area (Å²) in [4.78, 5) is 6.68. The Labute approximate surface area is 123 Å². The minimum atomic E-state index is 0.635. The van der Waals surface area contributed by atoms with Gasteiger partial charge in [-0.05, 0) is 43.5 Å². The van der Waals surface area contributed by atoms with Crippen molar-refractivity contribution in [2.75, 3.05) is 23.3 Å². The second kappa shape index (κ2) is 6.18. The van der Waals surface area contributed by atoms with Crippen molar-refractivity contribution in [1.29, 1.82) is 5.26 Å². The average molecular weight is 280 g/mol. The second-order valence-corrected chi connectivity index (χ2v) is 5.00. The number of nitriles is 1. The van der Waals surface area contributed by atoms with Crippen LogP contribution in [-0.2, 0) is 0 Å². The Balaban J connectivity index is 1.74. The number of nitrogens with zero attached hydrogens (tertiary/aromatic N) is 5. The van der Waals surface area contributed by atoms with Crippen LogP contribution in [0.3, 0.4) is 0 Å². The number of hydrogen-bond acceptors (Lipinski definition) is 6. The first-order chi connectivity index (χ1) is 10.3. The smallest absolute Gasteiger partial charge is 0.247 e. The Hall–Kier alpha value is -2.68.